The van der Waals surface area contributed by atoms with Gasteiger partial charge in [0, 0.05) is 29.8 Å². The number of amides is 1. The number of hydrogen-bond donors (Lipinski definition) is 1. The lowest BCUT2D eigenvalue weighted by molar-refractivity contribution is -0.117. The Hall–Kier alpha value is -2.32. The van der Waals surface area contributed by atoms with Crippen molar-refractivity contribution in [2.75, 3.05) is 11.4 Å². The van der Waals surface area contributed by atoms with Gasteiger partial charge in [-0.3, -0.25) is 9.69 Å². The largest absolute Gasteiger partial charge is 0.508 e. The summed E-state index contributed by atoms with van der Waals surface area (Å²) >= 11 is 1.43. The third kappa shape index (κ3) is 2.26. The third-order valence-electron chi connectivity index (χ3n) is 3.25. The molecule has 0 aliphatic carbocycles. The van der Waals surface area contributed by atoms with E-state index in [1.807, 2.05) is 5.38 Å². The predicted molar refractivity (Wildman–Crippen MR) is 78.5 cm³/mol. The molecule has 0 bridgehead atoms. The number of phenolic OH excluding ortho intramolecular Hbond substituents is 1. The molecule has 1 N–H and O–H groups in total. The number of rotatable bonds is 2. The molecule has 0 radical (unpaired) electrons. The number of thiazole rings is 1. The SMILES string of the molecule is C#CC1CC(=O)N(c2nc(-c3ccc(O)cc3)cs2)C1. The molecule has 2 aromatic rings. The van der Waals surface area contributed by atoms with Gasteiger partial charge < -0.3 is 5.11 Å². The van der Waals surface area contributed by atoms with Crippen LogP contribution >= 0.6 is 11.3 Å². The van der Waals surface area contributed by atoms with Crippen molar-refractivity contribution in [2.45, 2.75) is 6.42 Å². The van der Waals surface area contributed by atoms with Gasteiger partial charge in [0.25, 0.3) is 0 Å². The molecule has 1 aliphatic heterocycles. The Morgan fingerprint density at radius 1 is 1.40 bits per heavy atom. The zero-order chi connectivity index (χ0) is 14.1. The van der Waals surface area contributed by atoms with E-state index in [1.165, 1.54) is 11.3 Å². The Morgan fingerprint density at radius 2 is 2.15 bits per heavy atom. The predicted octanol–water partition coefficient (Wildman–Crippen LogP) is 2.50. The van der Waals surface area contributed by atoms with Gasteiger partial charge in [-0.1, -0.05) is 0 Å². The number of anilines is 1. The average molecular weight is 284 g/mol. The number of carbonyl (C=O) groups is 1. The van der Waals surface area contributed by atoms with Crippen LogP contribution in [0.4, 0.5) is 5.13 Å². The standard InChI is InChI=1S/C15H12N2O2S/c1-2-10-7-14(19)17(8-10)15-16-13(9-20-15)11-3-5-12(18)6-4-11/h1,3-6,9-10,18H,7-8H2. The second kappa shape index (κ2) is 4.99. The molecule has 1 saturated heterocycles. The molecule has 1 atom stereocenters. The Labute approximate surface area is 120 Å². The normalized spacial score (nSPS) is 18.2. The number of carbonyl (C=O) groups excluding carboxylic acids is 1. The summed E-state index contributed by atoms with van der Waals surface area (Å²) < 4.78 is 0. The number of hydrogen-bond acceptors (Lipinski definition) is 4. The van der Waals surface area contributed by atoms with Crippen LogP contribution in [0.5, 0.6) is 5.75 Å². The van der Waals surface area contributed by atoms with Crippen LogP contribution in [-0.4, -0.2) is 22.5 Å². The highest BCUT2D eigenvalue weighted by Crippen LogP contribution is 2.31. The summed E-state index contributed by atoms with van der Waals surface area (Å²) in [7, 11) is 0. The maximum absolute atomic E-state index is 11.9. The molecule has 0 spiro atoms. The van der Waals surface area contributed by atoms with Crippen molar-refractivity contribution < 1.29 is 9.90 Å². The Morgan fingerprint density at radius 3 is 2.80 bits per heavy atom. The molecule has 3 rings (SSSR count). The van der Waals surface area contributed by atoms with Crippen LogP contribution in [0.15, 0.2) is 29.6 Å². The molecular formula is C15H12N2O2S. The number of benzene rings is 1. The van der Waals surface area contributed by atoms with Crippen molar-refractivity contribution in [1.29, 1.82) is 0 Å². The van der Waals surface area contributed by atoms with E-state index in [1.54, 1.807) is 29.2 Å². The van der Waals surface area contributed by atoms with Gasteiger partial charge in [0.05, 0.1) is 5.69 Å². The summed E-state index contributed by atoms with van der Waals surface area (Å²) in [6.45, 7) is 0.540. The van der Waals surface area contributed by atoms with Crippen LogP contribution in [0, 0.1) is 18.3 Å². The topological polar surface area (TPSA) is 53.4 Å². The molecule has 1 unspecified atom stereocenters. The second-order valence-corrected chi connectivity index (χ2v) is 5.47. The van der Waals surface area contributed by atoms with Crippen molar-refractivity contribution in [2.24, 2.45) is 5.92 Å². The van der Waals surface area contributed by atoms with Crippen molar-refractivity contribution in [3.63, 3.8) is 0 Å². The summed E-state index contributed by atoms with van der Waals surface area (Å²) in [5.41, 5.74) is 1.70. The van der Waals surface area contributed by atoms with E-state index < -0.39 is 0 Å². The van der Waals surface area contributed by atoms with Crippen molar-refractivity contribution in [3.05, 3.63) is 29.6 Å². The molecule has 4 nitrogen and oxygen atoms in total. The third-order valence-corrected chi connectivity index (χ3v) is 4.11. The number of aromatic hydroxyl groups is 1. The van der Waals surface area contributed by atoms with Crippen LogP contribution < -0.4 is 4.90 Å². The van der Waals surface area contributed by atoms with Gasteiger partial charge in [0.15, 0.2) is 5.13 Å². The Balaban J connectivity index is 1.86. The first-order valence-corrected chi connectivity index (χ1v) is 7.07. The van der Waals surface area contributed by atoms with Gasteiger partial charge in [-0.2, -0.15) is 0 Å². The van der Waals surface area contributed by atoms with Gasteiger partial charge in [-0.15, -0.1) is 23.7 Å². The highest BCUT2D eigenvalue weighted by Gasteiger charge is 2.31. The van der Waals surface area contributed by atoms with Crippen molar-refractivity contribution >= 4 is 22.4 Å². The van der Waals surface area contributed by atoms with Crippen molar-refractivity contribution in [3.8, 4) is 29.4 Å². The number of terminal acetylenes is 1. The van der Waals surface area contributed by atoms with Gasteiger partial charge in [-0.25, -0.2) is 4.98 Å². The van der Waals surface area contributed by atoms with Crippen LogP contribution in [0.1, 0.15) is 6.42 Å². The fourth-order valence-electron chi connectivity index (χ4n) is 2.16. The second-order valence-electron chi connectivity index (χ2n) is 4.63. The Kier molecular flexibility index (Phi) is 3.17. The number of phenols is 1. The van der Waals surface area contributed by atoms with Gasteiger partial charge in [0.2, 0.25) is 5.91 Å². The van der Waals surface area contributed by atoms with Gasteiger partial charge in [0.1, 0.15) is 5.75 Å². The lowest BCUT2D eigenvalue weighted by atomic mass is 10.1. The molecule has 5 heteroatoms. The summed E-state index contributed by atoms with van der Waals surface area (Å²) in [4.78, 5) is 18.0. The first-order valence-electron chi connectivity index (χ1n) is 6.19. The molecule has 2 heterocycles. The molecule has 1 aromatic carbocycles. The van der Waals surface area contributed by atoms with Gasteiger partial charge >= 0.3 is 0 Å². The lowest BCUT2D eigenvalue weighted by Crippen LogP contribution is -2.24. The van der Waals surface area contributed by atoms with Crippen LogP contribution in [0.3, 0.4) is 0 Å². The summed E-state index contributed by atoms with van der Waals surface area (Å²) in [6, 6.07) is 6.82. The quantitative estimate of drug-likeness (QED) is 0.862. The molecule has 1 aliphatic rings. The van der Waals surface area contributed by atoms with E-state index in [0.29, 0.717) is 18.1 Å². The monoisotopic (exact) mass is 284 g/mol. The minimum atomic E-state index is -0.0245. The highest BCUT2D eigenvalue weighted by molar-refractivity contribution is 7.14. The zero-order valence-electron chi connectivity index (χ0n) is 10.6. The van der Waals surface area contributed by atoms with Crippen molar-refractivity contribution in [1.82, 2.24) is 4.98 Å². The summed E-state index contributed by atoms with van der Waals surface area (Å²) in [6.07, 6.45) is 5.77. The number of nitrogens with zero attached hydrogens (tertiary/aromatic N) is 2. The van der Waals surface area contributed by atoms with E-state index in [0.717, 1.165) is 11.3 Å². The fourth-order valence-corrected chi connectivity index (χ4v) is 3.02. The molecule has 1 aromatic heterocycles. The smallest absolute Gasteiger partial charge is 0.230 e. The maximum Gasteiger partial charge on any atom is 0.230 e. The van der Waals surface area contributed by atoms with E-state index in [-0.39, 0.29) is 17.6 Å². The zero-order valence-corrected chi connectivity index (χ0v) is 11.4. The first kappa shape index (κ1) is 12.7. The van der Waals surface area contributed by atoms with Crippen LogP contribution in [0.25, 0.3) is 11.3 Å². The molecule has 20 heavy (non-hydrogen) atoms. The van der Waals surface area contributed by atoms with Gasteiger partial charge in [-0.05, 0) is 24.3 Å². The first-order chi connectivity index (χ1) is 9.67. The molecule has 100 valence electrons. The fraction of sp³-hybridized carbons (Fsp3) is 0.200. The number of aromatic nitrogens is 1. The summed E-state index contributed by atoms with van der Waals surface area (Å²) in [5.74, 6) is 2.85. The molecule has 1 fully saturated rings. The van der Waals surface area contributed by atoms with E-state index in [4.69, 9.17) is 6.42 Å². The average Bonchev–Trinajstić information content (AvgIpc) is 3.06. The lowest BCUT2D eigenvalue weighted by Gasteiger charge is -2.11. The molecule has 1 amide bonds. The van der Waals surface area contributed by atoms with E-state index >= 15 is 0 Å². The van der Waals surface area contributed by atoms with E-state index in [2.05, 4.69) is 10.9 Å². The van der Waals surface area contributed by atoms with E-state index in [9.17, 15) is 9.90 Å². The molecule has 0 saturated carbocycles. The molecular weight excluding hydrogens is 272 g/mol. The van der Waals surface area contributed by atoms with Crippen LogP contribution in [-0.2, 0) is 4.79 Å². The van der Waals surface area contributed by atoms with Crippen LogP contribution in [0.2, 0.25) is 0 Å². The minimum absolute atomic E-state index is 0.0245. The summed E-state index contributed by atoms with van der Waals surface area (Å²) in [5, 5.41) is 11.9. The minimum Gasteiger partial charge on any atom is -0.508 e. The Bertz CT molecular complexity index is 685. The highest BCUT2D eigenvalue weighted by atomic mass is 32.1. The maximum atomic E-state index is 11.9.